The van der Waals surface area contributed by atoms with Gasteiger partial charge in [-0.2, -0.15) is 0 Å². The lowest BCUT2D eigenvalue weighted by Crippen LogP contribution is -2.41. The van der Waals surface area contributed by atoms with E-state index in [0.717, 1.165) is 6.61 Å². The SMILES string of the molecule is CCC[C@H]1[C@H](COCc2ccccc2)[C@@H]1B1OC(C)(C)C(C)(C)O1. The Morgan fingerprint density at radius 3 is 2.21 bits per heavy atom. The zero-order valence-corrected chi connectivity index (χ0v) is 15.7. The van der Waals surface area contributed by atoms with Gasteiger partial charge in [0.1, 0.15) is 0 Å². The molecule has 0 spiro atoms. The van der Waals surface area contributed by atoms with Crippen molar-refractivity contribution >= 4 is 7.12 Å². The van der Waals surface area contributed by atoms with Gasteiger partial charge in [0, 0.05) is 12.4 Å². The molecule has 0 amide bonds. The third-order valence-electron chi connectivity index (χ3n) is 6.03. The fourth-order valence-electron chi connectivity index (χ4n) is 3.79. The van der Waals surface area contributed by atoms with E-state index in [0.29, 0.717) is 24.3 Å². The van der Waals surface area contributed by atoms with Gasteiger partial charge >= 0.3 is 7.12 Å². The maximum atomic E-state index is 6.28. The van der Waals surface area contributed by atoms with Crippen LogP contribution in [0.3, 0.4) is 0 Å². The van der Waals surface area contributed by atoms with E-state index in [1.165, 1.54) is 18.4 Å². The molecule has 0 unspecified atom stereocenters. The van der Waals surface area contributed by atoms with Gasteiger partial charge in [-0.3, -0.25) is 0 Å². The van der Waals surface area contributed by atoms with E-state index < -0.39 is 0 Å². The second kappa shape index (κ2) is 6.82. The first-order chi connectivity index (χ1) is 11.4. The average molecular weight is 330 g/mol. The minimum atomic E-state index is -0.244. The second-order valence-electron chi connectivity index (χ2n) is 8.32. The molecule has 4 heteroatoms. The fraction of sp³-hybridized carbons (Fsp3) is 0.700. The highest BCUT2D eigenvalue weighted by atomic mass is 16.7. The van der Waals surface area contributed by atoms with E-state index in [1.807, 2.05) is 6.07 Å². The smallest absolute Gasteiger partial charge is 0.403 e. The zero-order valence-electron chi connectivity index (χ0n) is 15.7. The van der Waals surface area contributed by atoms with Gasteiger partial charge in [0.2, 0.25) is 0 Å². The van der Waals surface area contributed by atoms with Crippen molar-refractivity contribution in [1.29, 1.82) is 0 Å². The average Bonchev–Trinajstić information content (AvgIpc) is 3.14. The lowest BCUT2D eigenvalue weighted by Gasteiger charge is -2.32. The summed E-state index contributed by atoms with van der Waals surface area (Å²) in [5.74, 6) is 1.70. The molecule has 0 bridgehead atoms. The van der Waals surface area contributed by atoms with Crippen molar-refractivity contribution in [3.05, 3.63) is 35.9 Å². The zero-order chi connectivity index (χ0) is 17.4. The van der Waals surface area contributed by atoms with Gasteiger partial charge in [-0.15, -0.1) is 0 Å². The molecule has 0 N–H and O–H groups in total. The van der Waals surface area contributed by atoms with Crippen molar-refractivity contribution in [2.45, 2.75) is 71.1 Å². The first-order valence-electron chi connectivity index (χ1n) is 9.33. The van der Waals surface area contributed by atoms with Crippen LogP contribution in [0, 0.1) is 11.8 Å². The minimum Gasteiger partial charge on any atom is -0.403 e. The van der Waals surface area contributed by atoms with E-state index in [9.17, 15) is 0 Å². The number of hydrogen-bond donors (Lipinski definition) is 0. The predicted molar refractivity (Wildman–Crippen MR) is 97.8 cm³/mol. The Morgan fingerprint density at radius 2 is 1.62 bits per heavy atom. The summed E-state index contributed by atoms with van der Waals surface area (Å²) in [5.41, 5.74) is 0.747. The Bertz CT molecular complexity index is 527. The van der Waals surface area contributed by atoms with Crippen molar-refractivity contribution in [2.24, 2.45) is 11.8 Å². The molecule has 1 aromatic carbocycles. The summed E-state index contributed by atoms with van der Waals surface area (Å²) < 4.78 is 18.6. The van der Waals surface area contributed by atoms with E-state index >= 15 is 0 Å². The molecule has 3 atom stereocenters. The van der Waals surface area contributed by atoms with Crippen LogP contribution in [0.4, 0.5) is 0 Å². The molecule has 132 valence electrons. The maximum Gasteiger partial charge on any atom is 0.461 e. The summed E-state index contributed by atoms with van der Waals surface area (Å²) in [7, 11) is -0.0862. The molecule has 0 aromatic heterocycles. The van der Waals surface area contributed by atoms with Crippen LogP contribution in [0.2, 0.25) is 5.82 Å². The molecule has 0 radical (unpaired) electrons. The van der Waals surface area contributed by atoms with Crippen LogP contribution in [0.15, 0.2) is 30.3 Å². The van der Waals surface area contributed by atoms with Gasteiger partial charge in [-0.25, -0.2) is 0 Å². The topological polar surface area (TPSA) is 27.7 Å². The summed E-state index contributed by atoms with van der Waals surface area (Å²) in [4.78, 5) is 0. The van der Waals surface area contributed by atoms with E-state index in [1.54, 1.807) is 0 Å². The lowest BCUT2D eigenvalue weighted by molar-refractivity contribution is 0.00578. The third-order valence-corrected chi connectivity index (χ3v) is 6.03. The predicted octanol–water partition coefficient (Wildman–Crippen LogP) is 4.71. The first-order valence-corrected chi connectivity index (χ1v) is 9.33. The summed E-state index contributed by atoms with van der Waals surface area (Å²) in [6, 6.07) is 10.4. The van der Waals surface area contributed by atoms with Crippen LogP contribution >= 0.6 is 0 Å². The standard InChI is InChI=1S/C20H31BO3/c1-6-10-16-17(14-22-13-15-11-8-7-9-12-15)18(16)21-23-19(2,3)20(4,5)24-21/h7-9,11-12,16-18H,6,10,13-14H2,1-5H3/t16-,17-,18+/m0/s1. The maximum absolute atomic E-state index is 6.28. The molecule has 1 saturated carbocycles. The van der Waals surface area contributed by atoms with E-state index in [2.05, 4.69) is 58.9 Å². The summed E-state index contributed by atoms with van der Waals surface area (Å²) in [6.07, 6.45) is 2.43. The van der Waals surface area contributed by atoms with Gasteiger partial charge in [-0.1, -0.05) is 50.1 Å². The number of benzene rings is 1. The van der Waals surface area contributed by atoms with Crippen LogP contribution in [-0.4, -0.2) is 24.9 Å². The van der Waals surface area contributed by atoms with Crippen molar-refractivity contribution in [2.75, 3.05) is 6.61 Å². The quantitative estimate of drug-likeness (QED) is 0.678. The van der Waals surface area contributed by atoms with E-state index in [4.69, 9.17) is 14.0 Å². The molecule has 3 rings (SSSR count). The highest BCUT2D eigenvalue weighted by Gasteiger charge is 2.64. The third kappa shape index (κ3) is 3.56. The highest BCUT2D eigenvalue weighted by molar-refractivity contribution is 6.49. The molecule has 3 nitrogen and oxygen atoms in total. The molecule has 2 fully saturated rings. The molecule has 1 aliphatic heterocycles. The highest BCUT2D eigenvalue weighted by Crippen LogP contribution is 2.59. The Hall–Kier alpha value is -0.835. The van der Waals surface area contributed by atoms with Crippen LogP contribution in [0.25, 0.3) is 0 Å². The van der Waals surface area contributed by atoms with Crippen LogP contribution in [-0.2, 0) is 20.7 Å². The normalized spacial score (nSPS) is 30.5. The Balaban J connectivity index is 1.55. The fourth-order valence-corrected chi connectivity index (χ4v) is 3.79. The van der Waals surface area contributed by atoms with Gasteiger partial charge in [0.15, 0.2) is 0 Å². The van der Waals surface area contributed by atoms with Crippen molar-refractivity contribution < 1.29 is 14.0 Å². The van der Waals surface area contributed by atoms with Gasteiger partial charge in [0.05, 0.1) is 17.8 Å². The number of hydrogen-bond acceptors (Lipinski definition) is 3. The number of ether oxygens (including phenoxy) is 1. The molecular weight excluding hydrogens is 299 g/mol. The van der Waals surface area contributed by atoms with Crippen molar-refractivity contribution in [3.63, 3.8) is 0 Å². The Morgan fingerprint density at radius 1 is 1.00 bits per heavy atom. The number of rotatable bonds is 7. The van der Waals surface area contributed by atoms with Crippen LogP contribution in [0.1, 0.15) is 53.0 Å². The summed E-state index contributed by atoms with van der Waals surface area (Å²) in [5, 5.41) is 0. The Kier molecular flexibility index (Phi) is 5.10. The summed E-state index contributed by atoms with van der Waals surface area (Å²) in [6.45, 7) is 12.3. The molecule has 1 heterocycles. The summed E-state index contributed by atoms with van der Waals surface area (Å²) >= 11 is 0. The largest absolute Gasteiger partial charge is 0.461 e. The minimum absolute atomic E-state index is 0.0862. The van der Waals surface area contributed by atoms with Crippen LogP contribution < -0.4 is 0 Å². The van der Waals surface area contributed by atoms with Gasteiger partial charge in [-0.05, 0) is 45.1 Å². The molecule has 24 heavy (non-hydrogen) atoms. The molecular formula is C20H31BO3. The molecule has 2 aliphatic rings. The van der Waals surface area contributed by atoms with Gasteiger partial charge < -0.3 is 14.0 Å². The van der Waals surface area contributed by atoms with Crippen molar-refractivity contribution in [1.82, 2.24) is 0 Å². The molecule has 1 aromatic rings. The monoisotopic (exact) mass is 330 g/mol. The lowest BCUT2D eigenvalue weighted by atomic mass is 9.79. The Labute approximate surface area is 147 Å². The van der Waals surface area contributed by atoms with Crippen molar-refractivity contribution in [3.8, 4) is 0 Å². The first kappa shape index (κ1) is 18.0. The second-order valence-corrected chi connectivity index (χ2v) is 8.32. The van der Waals surface area contributed by atoms with Gasteiger partial charge in [0.25, 0.3) is 0 Å². The van der Waals surface area contributed by atoms with E-state index in [-0.39, 0.29) is 18.3 Å². The molecule has 1 saturated heterocycles. The van der Waals surface area contributed by atoms with Crippen LogP contribution in [0.5, 0.6) is 0 Å². The molecule has 1 aliphatic carbocycles.